The predicted molar refractivity (Wildman–Crippen MR) is 95.9 cm³/mol. The summed E-state index contributed by atoms with van der Waals surface area (Å²) in [7, 11) is 3.04. The number of nitrogens with one attached hydrogen (secondary N) is 2. The van der Waals surface area contributed by atoms with E-state index in [4.69, 9.17) is 21.7 Å². The Morgan fingerprint density at radius 1 is 1.28 bits per heavy atom. The molecule has 8 nitrogen and oxygen atoms in total. The van der Waals surface area contributed by atoms with Gasteiger partial charge in [0.05, 0.1) is 26.7 Å². The molecule has 1 aromatic carbocycles. The second kappa shape index (κ2) is 8.78. The van der Waals surface area contributed by atoms with Crippen molar-refractivity contribution in [1.29, 1.82) is 0 Å². The van der Waals surface area contributed by atoms with Gasteiger partial charge < -0.3 is 25.2 Å². The molecular formula is C16H18N4O4S. The molecule has 2 rings (SSSR count). The van der Waals surface area contributed by atoms with Gasteiger partial charge in [-0.25, -0.2) is 9.97 Å². The Morgan fingerprint density at radius 3 is 2.76 bits per heavy atom. The molecule has 0 spiro atoms. The lowest BCUT2D eigenvalue weighted by atomic mass is 10.0. The standard InChI is InChI=1S/C16H18N4O4S/c1-23-11-5-3-4-10(6-11)12(7-15(21)22)19-16(25)20-13-8-14(24-2)18-9-17-13/h3-6,8-9,12H,7H2,1-2H3,(H,21,22)(H2,17,18,19,20,25). The smallest absolute Gasteiger partial charge is 0.305 e. The normalized spacial score (nSPS) is 11.3. The molecule has 0 aliphatic heterocycles. The molecule has 2 aromatic rings. The average molecular weight is 362 g/mol. The van der Waals surface area contributed by atoms with Crippen LogP contribution in [0.2, 0.25) is 0 Å². The number of carbonyl (C=O) groups is 1. The number of carboxylic acids is 1. The van der Waals surface area contributed by atoms with Crippen molar-refractivity contribution >= 4 is 29.1 Å². The number of benzene rings is 1. The van der Waals surface area contributed by atoms with Crippen molar-refractivity contribution in [3.05, 3.63) is 42.2 Å². The quantitative estimate of drug-likeness (QED) is 0.638. The van der Waals surface area contributed by atoms with Gasteiger partial charge in [0.15, 0.2) is 5.11 Å². The zero-order chi connectivity index (χ0) is 18.2. The highest BCUT2D eigenvalue weighted by molar-refractivity contribution is 7.80. The van der Waals surface area contributed by atoms with Gasteiger partial charge in [-0.3, -0.25) is 4.79 Å². The van der Waals surface area contributed by atoms with E-state index in [9.17, 15) is 9.90 Å². The van der Waals surface area contributed by atoms with Gasteiger partial charge in [0, 0.05) is 6.07 Å². The number of aliphatic carboxylic acids is 1. The van der Waals surface area contributed by atoms with Gasteiger partial charge in [-0.15, -0.1) is 0 Å². The van der Waals surface area contributed by atoms with E-state index in [-0.39, 0.29) is 11.5 Å². The number of thiocarbonyl (C=S) groups is 1. The zero-order valence-corrected chi connectivity index (χ0v) is 14.5. The van der Waals surface area contributed by atoms with E-state index >= 15 is 0 Å². The topological polar surface area (TPSA) is 106 Å². The van der Waals surface area contributed by atoms with E-state index in [1.165, 1.54) is 13.4 Å². The van der Waals surface area contributed by atoms with Gasteiger partial charge in [0.1, 0.15) is 17.9 Å². The summed E-state index contributed by atoms with van der Waals surface area (Å²) >= 11 is 5.26. The van der Waals surface area contributed by atoms with Crippen LogP contribution in [-0.2, 0) is 4.79 Å². The number of hydrogen-bond donors (Lipinski definition) is 3. The van der Waals surface area contributed by atoms with Crippen molar-refractivity contribution in [2.75, 3.05) is 19.5 Å². The van der Waals surface area contributed by atoms with Crippen molar-refractivity contribution < 1.29 is 19.4 Å². The largest absolute Gasteiger partial charge is 0.497 e. The van der Waals surface area contributed by atoms with Crippen molar-refractivity contribution in [3.8, 4) is 11.6 Å². The molecule has 1 heterocycles. The van der Waals surface area contributed by atoms with Crippen LogP contribution in [0, 0.1) is 0 Å². The lowest BCUT2D eigenvalue weighted by Gasteiger charge is -2.20. The van der Waals surface area contributed by atoms with E-state index in [1.54, 1.807) is 37.4 Å². The first-order valence-electron chi connectivity index (χ1n) is 7.31. The molecule has 1 aromatic heterocycles. The molecule has 25 heavy (non-hydrogen) atoms. The highest BCUT2D eigenvalue weighted by Gasteiger charge is 2.17. The number of rotatable bonds is 7. The van der Waals surface area contributed by atoms with Gasteiger partial charge in [-0.2, -0.15) is 0 Å². The number of carboxylic acid groups (broad SMARTS) is 1. The first-order valence-corrected chi connectivity index (χ1v) is 7.72. The molecule has 0 aliphatic rings. The third-order valence-corrected chi connectivity index (χ3v) is 3.49. The van der Waals surface area contributed by atoms with E-state index < -0.39 is 12.0 Å². The van der Waals surface area contributed by atoms with Crippen LogP contribution in [0.25, 0.3) is 0 Å². The number of methoxy groups -OCH3 is 2. The maximum Gasteiger partial charge on any atom is 0.305 e. The number of anilines is 1. The summed E-state index contributed by atoms with van der Waals surface area (Å²) in [5, 5.41) is 15.3. The highest BCUT2D eigenvalue weighted by Crippen LogP contribution is 2.22. The van der Waals surface area contributed by atoms with Crippen molar-refractivity contribution in [2.45, 2.75) is 12.5 Å². The summed E-state index contributed by atoms with van der Waals surface area (Å²) in [6.07, 6.45) is 1.18. The fraction of sp³-hybridized carbons (Fsp3) is 0.250. The fourth-order valence-corrected chi connectivity index (χ4v) is 2.36. The zero-order valence-electron chi connectivity index (χ0n) is 13.7. The molecule has 0 amide bonds. The highest BCUT2D eigenvalue weighted by atomic mass is 32.1. The minimum Gasteiger partial charge on any atom is -0.497 e. The molecule has 0 saturated heterocycles. The monoisotopic (exact) mass is 362 g/mol. The summed E-state index contributed by atoms with van der Waals surface area (Å²) in [6.45, 7) is 0. The number of aromatic nitrogens is 2. The fourth-order valence-electron chi connectivity index (χ4n) is 2.12. The molecule has 0 aliphatic carbocycles. The average Bonchev–Trinajstić information content (AvgIpc) is 2.61. The number of nitrogens with zero attached hydrogens (tertiary/aromatic N) is 2. The Morgan fingerprint density at radius 2 is 2.08 bits per heavy atom. The van der Waals surface area contributed by atoms with E-state index in [0.717, 1.165) is 5.56 Å². The number of ether oxygens (including phenoxy) is 2. The van der Waals surface area contributed by atoms with Crippen LogP contribution < -0.4 is 20.1 Å². The maximum absolute atomic E-state index is 11.2. The van der Waals surface area contributed by atoms with Crippen LogP contribution in [0.4, 0.5) is 5.82 Å². The number of hydrogen-bond acceptors (Lipinski definition) is 6. The van der Waals surface area contributed by atoms with E-state index in [0.29, 0.717) is 17.4 Å². The Bertz CT molecular complexity index is 756. The van der Waals surface area contributed by atoms with Crippen LogP contribution in [0.5, 0.6) is 11.6 Å². The second-order valence-corrected chi connectivity index (χ2v) is 5.38. The van der Waals surface area contributed by atoms with Gasteiger partial charge in [0.2, 0.25) is 5.88 Å². The Labute approximate surface area is 150 Å². The molecule has 1 unspecified atom stereocenters. The third-order valence-electron chi connectivity index (χ3n) is 3.27. The molecule has 3 N–H and O–H groups in total. The summed E-state index contributed by atoms with van der Waals surface area (Å²) in [4.78, 5) is 19.1. The third kappa shape index (κ3) is 5.57. The summed E-state index contributed by atoms with van der Waals surface area (Å²) in [5.74, 6) is 0.500. The van der Waals surface area contributed by atoms with E-state index in [1.807, 2.05) is 0 Å². The molecule has 132 valence electrons. The van der Waals surface area contributed by atoms with Crippen LogP contribution in [0.15, 0.2) is 36.7 Å². The molecule has 1 atom stereocenters. The van der Waals surface area contributed by atoms with Crippen molar-refractivity contribution in [2.24, 2.45) is 0 Å². The maximum atomic E-state index is 11.2. The predicted octanol–water partition coefficient (Wildman–Crippen LogP) is 2.00. The van der Waals surface area contributed by atoms with Gasteiger partial charge in [-0.1, -0.05) is 12.1 Å². The SMILES string of the molecule is COc1cccc(C(CC(=O)O)NC(=S)Nc2cc(OC)ncn2)c1. The summed E-state index contributed by atoms with van der Waals surface area (Å²) in [5.41, 5.74) is 0.742. The Kier molecular flexibility index (Phi) is 6.47. The Balaban J connectivity index is 2.12. The van der Waals surface area contributed by atoms with Crippen LogP contribution >= 0.6 is 12.2 Å². The van der Waals surface area contributed by atoms with Crippen LogP contribution in [0.3, 0.4) is 0 Å². The lowest BCUT2D eigenvalue weighted by molar-refractivity contribution is -0.137. The summed E-state index contributed by atoms with van der Waals surface area (Å²) < 4.78 is 10.2. The van der Waals surface area contributed by atoms with Gasteiger partial charge >= 0.3 is 5.97 Å². The van der Waals surface area contributed by atoms with E-state index in [2.05, 4.69) is 20.6 Å². The first-order chi connectivity index (χ1) is 12.0. The molecule has 0 radical (unpaired) electrons. The van der Waals surface area contributed by atoms with Crippen LogP contribution in [0.1, 0.15) is 18.0 Å². The summed E-state index contributed by atoms with van der Waals surface area (Å²) in [6, 6.07) is 8.18. The molecule has 9 heteroatoms. The molecule has 0 fully saturated rings. The minimum absolute atomic E-state index is 0.151. The second-order valence-electron chi connectivity index (χ2n) is 4.97. The minimum atomic E-state index is -0.952. The van der Waals surface area contributed by atoms with Crippen LogP contribution in [-0.4, -0.2) is 40.4 Å². The molecular weight excluding hydrogens is 344 g/mol. The van der Waals surface area contributed by atoms with Gasteiger partial charge in [-0.05, 0) is 29.9 Å². The molecule has 0 bridgehead atoms. The van der Waals surface area contributed by atoms with Gasteiger partial charge in [0.25, 0.3) is 0 Å². The van der Waals surface area contributed by atoms with Crippen molar-refractivity contribution in [3.63, 3.8) is 0 Å². The lowest BCUT2D eigenvalue weighted by Crippen LogP contribution is -2.33. The molecule has 0 saturated carbocycles. The van der Waals surface area contributed by atoms with Crippen molar-refractivity contribution in [1.82, 2.24) is 15.3 Å². The Hall–Kier alpha value is -2.94. The first kappa shape index (κ1) is 18.4.